The van der Waals surface area contributed by atoms with Crippen LogP contribution in [-0.4, -0.2) is 39.5 Å². The lowest BCUT2D eigenvalue weighted by atomic mass is 9.98. The molecular formula is C21H22N4O4. The third-order valence-electron chi connectivity index (χ3n) is 5.26. The van der Waals surface area contributed by atoms with Crippen LogP contribution in [0.25, 0.3) is 10.9 Å². The first-order valence-corrected chi connectivity index (χ1v) is 9.59. The van der Waals surface area contributed by atoms with Crippen LogP contribution in [-0.2, 0) is 6.54 Å². The number of benzene rings is 2. The van der Waals surface area contributed by atoms with Gasteiger partial charge >= 0.3 is 0 Å². The summed E-state index contributed by atoms with van der Waals surface area (Å²) in [7, 11) is 2.11. The Morgan fingerprint density at radius 1 is 1.21 bits per heavy atom. The number of fused-ring (bicyclic) bond motifs is 1. The smallest absolute Gasteiger partial charge is 0.269 e. The van der Waals surface area contributed by atoms with Crippen LogP contribution >= 0.6 is 0 Å². The molecule has 8 heteroatoms. The minimum absolute atomic E-state index is 0.00342. The highest BCUT2D eigenvalue weighted by Crippen LogP contribution is 2.25. The third-order valence-corrected chi connectivity index (χ3v) is 5.26. The number of nitro groups is 1. The van der Waals surface area contributed by atoms with Gasteiger partial charge in [-0.2, -0.15) is 0 Å². The highest BCUT2D eigenvalue weighted by atomic mass is 16.6. The number of likely N-dealkylation sites (tertiary alicyclic amines) is 1. The molecular weight excluding hydrogens is 372 g/mol. The van der Waals surface area contributed by atoms with Crippen LogP contribution in [0.3, 0.4) is 0 Å². The molecule has 0 amide bonds. The van der Waals surface area contributed by atoms with Gasteiger partial charge < -0.3 is 9.64 Å². The second-order valence-corrected chi connectivity index (χ2v) is 7.50. The van der Waals surface area contributed by atoms with E-state index >= 15 is 0 Å². The molecule has 1 atom stereocenters. The number of nitrogens with zero attached hydrogens (tertiary/aromatic N) is 4. The van der Waals surface area contributed by atoms with Crippen molar-refractivity contribution in [3.63, 3.8) is 0 Å². The third kappa shape index (κ3) is 4.27. The zero-order valence-corrected chi connectivity index (χ0v) is 16.2. The van der Waals surface area contributed by atoms with Gasteiger partial charge in [0.15, 0.2) is 0 Å². The zero-order valence-electron chi connectivity index (χ0n) is 16.2. The Labute approximate surface area is 167 Å². The lowest BCUT2D eigenvalue weighted by Crippen LogP contribution is -2.36. The fourth-order valence-electron chi connectivity index (χ4n) is 3.80. The number of rotatable bonds is 5. The SMILES string of the molecule is CN1CCCC(Cn2cnc3ccc(Oc4ccc([N+](=O)[O-])cc4)cc3c2=O)C1. The molecule has 1 aliphatic rings. The normalized spacial score (nSPS) is 17.3. The van der Waals surface area contributed by atoms with Gasteiger partial charge in [0.05, 0.1) is 22.2 Å². The Bertz CT molecular complexity index is 1090. The Morgan fingerprint density at radius 3 is 2.69 bits per heavy atom. The maximum atomic E-state index is 13.0. The molecule has 29 heavy (non-hydrogen) atoms. The van der Waals surface area contributed by atoms with Crippen molar-refractivity contribution in [1.29, 1.82) is 0 Å². The molecule has 2 heterocycles. The Hall–Kier alpha value is -3.26. The lowest BCUT2D eigenvalue weighted by Gasteiger charge is -2.29. The summed E-state index contributed by atoms with van der Waals surface area (Å²) in [5.74, 6) is 1.38. The number of piperidine rings is 1. The van der Waals surface area contributed by atoms with Crippen LogP contribution < -0.4 is 10.3 Å². The number of nitro benzene ring substituents is 1. The number of non-ortho nitro benzene ring substituents is 1. The van der Waals surface area contributed by atoms with Crippen molar-refractivity contribution in [3.8, 4) is 11.5 Å². The Kier molecular flexibility index (Phi) is 5.26. The molecule has 1 saturated heterocycles. The highest BCUT2D eigenvalue weighted by molar-refractivity contribution is 5.79. The van der Waals surface area contributed by atoms with Gasteiger partial charge in [-0.1, -0.05) is 0 Å². The van der Waals surface area contributed by atoms with E-state index in [1.165, 1.54) is 24.3 Å². The number of hydrogen-bond acceptors (Lipinski definition) is 6. The van der Waals surface area contributed by atoms with Crippen molar-refractivity contribution >= 4 is 16.6 Å². The monoisotopic (exact) mass is 394 g/mol. The molecule has 8 nitrogen and oxygen atoms in total. The minimum atomic E-state index is -0.460. The van der Waals surface area contributed by atoms with E-state index in [0.717, 1.165) is 25.9 Å². The molecule has 4 rings (SSSR count). The van der Waals surface area contributed by atoms with Crippen LogP contribution in [0.15, 0.2) is 53.6 Å². The van der Waals surface area contributed by atoms with Gasteiger partial charge in [0.25, 0.3) is 11.2 Å². The summed E-state index contributed by atoms with van der Waals surface area (Å²) in [6.07, 6.45) is 3.87. The van der Waals surface area contributed by atoms with Gasteiger partial charge in [0, 0.05) is 25.2 Å². The highest BCUT2D eigenvalue weighted by Gasteiger charge is 2.18. The minimum Gasteiger partial charge on any atom is -0.457 e. The van der Waals surface area contributed by atoms with Crippen LogP contribution in [0, 0.1) is 16.0 Å². The molecule has 3 aromatic rings. The van der Waals surface area contributed by atoms with E-state index in [2.05, 4.69) is 16.9 Å². The summed E-state index contributed by atoms with van der Waals surface area (Å²) < 4.78 is 7.46. The molecule has 150 valence electrons. The standard InChI is InChI=1S/C21H22N4O4/c1-23-10-2-3-15(12-23)13-24-14-22-20-9-8-18(11-19(20)21(24)26)29-17-6-4-16(5-7-17)25(27)28/h4-9,11,14-15H,2-3,10,12-13H2,1H3. The van der Waals surface area contributed by atoms with Crippen molar-refractivity contribution in [2.24, 2.45) is 5.92 Å². The molecule has 0 radical (unpaired) electrons. The molecule has 0 aliphatic carbocycles. The fourth-order valence-corrected chi connectivity index (χ4v) is 3.80. The predicted molar refractivity (Wildman–Crippen MR) is 109 cm³/mol. The first-order valence-electron chi connectivity index (χ1n) is 9.59. The van der Waals surface area contributed by atoms with Crippen molar-refractivity contribution in [2.75, 3.05) is 20.1 Å². The molecule has 0 N–H and O–H groups in total. The predicted octanol–water partition coefficient (Wildman–Crippen LogP) is 3.44. The van der Waals surface area contributed by atoms with E-state index in [0.29, 0.717) is 34.9 Å². The molecule has 1 unspecified atom stereocenters. The first-order chi connectivity index (χ1) is 14.0. The van der Waals surface area contributed by atoms with E-state index in [1.807, 2.05) is 0 Å². The van der Waals surface area contributed by atoms with Crippen molar-refractivity contribution in [1.82, 2.24) is 14.5 Å². The lowest BCUT2D eigenvalue weighted by molar-refractivity contribution is -0.384. The van der Waals surface area contributed by atoms with Gasteiger partial charge in [0.1, 0.15) is 11.5 Å². The van der Waals surface area contributed by atoms with Crippen molar-refractivity contribution < 1.29 is 9.66 Å². The summed E-state index contributed by atoms with van der Waals surface area (Å²) in [4.78, 5) is 30.0. The molecule has 2 aromatic carbocycles. The molecule has 1 fully saturated rings. The molecule has 1 aliphatic heterocycles. The Balaban J connectivity index is 1.58. The van der Waals surface area contributed by atoms with E-state index in [1.54, 1.807) is 29.1 Å². The van der Waals surface area contributed by atoms with Gasteiger partial charge in [-0.3, -0.25) is 19.5 Å². The van der Waals surface area contributed by atoms with Crippen LogP contribution in [0.4, 0.5) is 5.69 Å². The van der Waals surface area contributed by atoms with Gasteiger partial charge in [-0.05, 0) is 62.7 Å². The maximum absolute atomic E-state index is 13.0. The average molecular weight is 394 g/mol. The Morgan fingerprint density at radius 2 is 1.97 bits per heavy atom. The van der Waals surface area contributed by atoms with E-state index in [-0.39, 0.29) is 11.2 Å². The van der Waals surface area contributed by atoms with Gasteiger partial charge in [-0.25, -0.2) is 4.98 Å². The van der Waals surface area contributed by atoms with E-state index in [4.69, 9.17) is 4.74 Å². The van der Waals surface area contributed by atoms with Crippen molar-refractivity contribution in [2.45, 2.75) is 19.4 Å². The summed E-state index contributed by atoms with van der Waals surface area (Å²) in [6, 6.07) is 11.0. The van der Waals surface area contributed by atoms with Crippen LogP contribution in [0.1, 0.15) is 12.8 Å². The van der Waals surface area contributed by atoms with E-state index in [9.17, 15) is 14.9 Å². The van der Waals surface area contributed by atoms with Crippen molar-refractivity contribution in [3.05, 3.63) is 69.3 Å². The summed E-state index contributed by atoms with van der Waals surface area (Å²) in [6.45, 7) is 2.73. The maximum Gasteiger partial charge on any atom is 0.269 e. The van der Waals surface area contributed by atoms with Crippen LogP contribution in [0.2, 0.25) is 0 Å². The summed E-state index contributed by atoms with van der Waals surface area (Å²) in [5.41, 5.74) is 0.525. The topological polar surface area (TPSA) is 90.5 Å². The van der Waals surface area contributed by atoms with E-state index < -0.39 is 4.92 Å². The zero-order chi connectivity index (χ0) is 20.4. The summed E-state index contributed by atoms with van der Waals surface area (Å²) >= 11 is 0. The van der Waals surface area contributed by atoms with Gasteiger partial charge in [-0.15, -0.1) is 0 Å². The molecule has 1 aromatic heterocycles. The average Bonchev–Trinajstić information content (AvgIpc) is 2.71. The van der Waals surface area contributed by atoms with Crippen LogP contribution in [0.5, 0.6) is 11.5 Å². The largest absolute Gasteiger partial charge is 0.457 e. The summed E-state index contributed by atoms with van der Waals surface area (Å²) in [5, 5.41) is 11.3. The quantitative estimate of drug-likeness (QED) is 0.486. The molecule has 0 spiro atoms. The second kappa shape index (κ2) is 8.00. The molecule has 0 saturated carbocycles. The molecule has 0 bridgehead atoms. The number of aromatic nitrogens is 2. The number of ether oxygens (including phenoxy) is 1. The van der Waals surface area contributed by atoms with Gasteiger partial charge in [0.2, 0.25) is 0 Å². The number of hydrogen-bond donors (Lipinski definition) is 0. The fraction of sp³-hybridized carbons (Fsp3) is 0.333. The second-order valence-electron chi connectivity index (χ2n) is 7.50. The first kappa shape index (κ1) is 19.1.